The molecule has 0 radical (unpaired) electrons. The zero-order valence-corrected chi connectivity index (χ0v) is 10.2. The zero-order chi connectivity index (χ0) is 12.2. The summed E-state index contributed by atoms with van der Waals surface area (Å²) in [6.45, 7) is 0. The highest BCUT2D eigenvalue weighted by molar-refractivity contribution is 5.80. The standard InChI is InChI=1S/C17H15N/c1-2-7-14(8-3-1)13-17-16-11-5-4-9-15(16)10-6-12-18-17/h1-12,17H,13H2. The van der Waals surface area contributed by atoms with E-state index in [4.69, 9.17) is 0 Å². The number of nitrogens with zero attached hydrogens (tertiary/aromatic N) is 1. The van der Waals surface area contributed by atoms with Gasteiger partial charge < -0.3 is 0 Å². The molecule has 0 saturated heterocycles. The van der Waals surface area contributed by atoms with Crippen molar-refractivity contribution in [2.24, 2.45) is 4.99 Å². The molecular weight excluding hydrogens is 218 g/mol. The molecule has 1 nitrogen and oxygen atoms in total. The Morgan fingerprint density at radius 3 is 2.56 bits per heavy atom. The van der Waals surface area contributed by atoms with Crippen LogP contribution in [0.4, 0.5) is 0 Å². The molecule has 0 bridgehead atoms. The predicted octanol–water partition coefficient (Wildman–Crippen LogP) is 4.07. The van der Waals surface area contributed by atoms with Gasteiger partial charge in [0.2, 0.25) is 0 Å². The maximum Gasteiger partial charge on any atom is 0.0795 e. The van der Waals surface area contributed by atoms with E-state index < -0.39 is 0 Å². The van der Waals surface area contributed by atoms with Gasteiger partial charge in [-0.2, -0.15) is 0 Å². The van der Waals surface area contributed by atoms with E-state index in [2.05, 4.69) is 65.7 Å². The molecule has 88 valence electrons. The fraction of sp³-hybridized carbons (Fsp3) is 0.118. The molecule has 1 atom stereocenters. The van der Waals surface area contributed by atoms with Crippen molar-refractivity contribution in [3.63, 3.8) is 0 Å². The van der Waals surface area contributed by atoms with Gasteiger partial charge >= 0.3 is 0 Å². The van der Waals surface area contributed by atoms with Gasteiger partial charge in [0.1, 0.15) is 0 Å². The van der Waals surface area contributed by atoms with E-state index in [1.807, 2.05) is 12.3 Å². The maximum absolute atomic E-state index is 4.65. The van der Waals surface area contributed by atoms with Gasteiger partial charge in [-0.15, -0.1) is 0 Å². The molecule has 2 aromatic rings. The largest absolute Gasteiger partial charge is 0.285 e. The first-order chi connectivity index (χ1) is 8.93. The first kappa shape index (κ1) is 11.0. The quantitative estimate of drug-likeness (QED) is 0.741. The molecular formula is C17H15N. The number of aliphatic imine (C=N–C) groups is 1. The molecule has 18 heavy (non-hydrogen) atoms. The Morgan fingerprint density at radius 1 is 0.889 bits per heavy atom. The van der Waals surface area contributed by atoms with E-state index in [-0.39, 0.29) is 6.04 Å². The molecule has 3 rings (SSSR count). The molecule has 0 amide bonds. The first-order valence-electron chi connectivity index (χ1n) is 6.26. The lowest BCUT2D eigenvalue weighted by Gasteiger charge is -2.14. The fourth-order valence-electron chi connectivity index (χ4n) is 2.35. The third-order valence-electron chi connectivity index (χ3n) is 3.25. The van der Waals surface area contributed by atoms with Crippen molar-refractivity contribution in [1.82, 2.24) is 0 Å². The van der Waals surface area contributed by atoms with E-state index in [1.54, 1.807) is 0 Å². The summed E-state index contributed by atoms with van der Waals surface area (Å²) in [6, 6.07) is 19.3. The van der Waals surface area contributed by atoms with Crippen LogP contribution in [0, 0.1) is 0 Å². The van der Waals surface area contributed by atoms with Gasteiger partial charge in [-0.05, 0) is 29.2 Å². The molecule has 1 unspecified atom stereocenters. The number of hydrogen-bond acceptors (Lipinski definition) is 1. The van der Waals surface area contributed by atoms with Gasteiger partial charge in [0.15, 0.2) is 0 Å². The predicted molar refractivity (Wildman–Crippen MR) is 76.9 cm³/mol. The van der Waals surface area contributed by atoms with Crippen LogP contribution in [0.2, 0.25) is 0 Å². The molecule has 1 heteroatoms. The highest BCUT2D eigenvalue weighted by Gasteiger charge is 2.14. The molecule has 0 N–H and O–H groups in total. The monoisotopic (exact) mass is 233 g/mol. The molecule has 1 aliphatic heterocycles. The zero-order valence-electron chi connectivity index (χ0n) is 10.2. The Bertz CT molecular complexity index is 582. The summed E-state index contributed by atoms with van der Waals surface area (Å²) in [5, 5.41) is 0. The minimum atomic E-state index is 0.221. The van der Waals surface area contributed by atoms with Gasteiger partial charge in [0.05, 0.1) is 6.04 Å². The molecule has 0 aromatic heterocycles. The van der Waals surface area contributed by atoms with Crippen LogP contribution in [0.3, 0.4) is 0 Å². The number of fused-ring (bicyclic) bond motifs is 1. The average Bonchev–Trinajstić information content (AvgIpc) is 2.63. The molecule has 0 fully saturated rings. The average molecular weight is 233 g/mol. The summed E-state index contributed by atoms with van der Waals surface area (Å²) in [7, 11) is 0. The topological polar surface area (TPSA) is 12.4 Å². The summed E-state index contributed by atoms with van der Waals surface area (Å²) in [5.74, 6) is 0. The molecule has 0 aliphatic carbocycles. The lowest BCUT2D eigenvalue weighted by atomic mass is 9.95. The van der Waals surface area contributed by atoms with Crippen LogP contribution in [0.25, 0.3) is 6.08 Å². The molecule has 0 saturated carbocycles. The second-order valence-electron chi connectivity index (χ2n) is 4.49. The lowest BCUT2D eigenvalue weighted by molar-refractivity contribution is 0.728. The van der Waals surface area contributed by atoms with E-state index in [9.17, 15) is 0 Å². The molecule has 2 aromatic carbocycles. The molecule has 0 spiro atoms. The van der Waals surface area contributed by atoms with Crippen molar-refractivity contribution in [3.8, 4) is 0 Å². The maximum atomic E-state index is 4.65. The Kier molecular flexibility index (Phi) is 3.05. The molecule has 1 heterocycles. The smallest absolute Gasteiger partial charge is 0.0795 e. The minimum Gasteiger partial charge on any atom is -0.285 e. The summed E-state index contributed by atoms with van der Waals surface area (Å²) >= 11 is 0. The van der Waals surface area contributed by atoms with Gasteiger partial charge in [-0.3, -0.25) is 4.99 Å². The second-order valence-corrected chi connectivity index (χ2v) is 4.49. The third-order valence-corrected chi connectivity index (χ3v) is 3.25. The van der Waals surface area contributed by atoms with E-state index in [0.717, 1.165) is 6.42 Å². The Morgan fingerprint density at radius 2 is 1.67 bits per heavy atom. The van der Waals surface area contributed by atoms with Gasteiger partial charge in [0.25, 0.3) is 0 Å². The van der Waals surface area contributed by atoms with Gasteiger partial charge in [-0.25, -0.2) is 0 Å². The van der Waals surface area contributed by atoms with Crippen LogP contribution in [0.15, 0.2) is 65.7 Å². The number of hydrogen-bond donors (Lipinski definition) is 0. The number of rotatable bonds is 2. The van der Waals surface area contributed by atoms with Crippen LogP contribution in [0.1, 0.15) is 22.7 Å². The number of allylic oxidation sites excluding steroid dienone is 1. The SMILES string of the molecule is C1=Cc2ccccc2C(Cc2ccccc2)N=C1. The van der Waals surface area contributed by atoms with Gasteiger partial charge in [0, 0.05) is 6.21 Å². The fourth-order valence-corrected chi connectivity index (χ4v) is 2.35. The first-order valence-corrected chi connectivity index (χ1v) is 6.26. The highest BCUT2D eigenvalue weighted by Crippen LogP contribution is 2.27. The van der Waals surface area contributed by atoms with Crippen molar-refractivity contribution in [3.05, 3.63) is 77.4 Å². The normalized spacial score (nSPS) is 17.2. The van der Waals surface area contributed by atoms with E-state index in [0.29, 0.717) is 0 Å². The van der Waals surface area contributed by atoms with E-state index in [1.165, 1.54) is 16.7 Å². The van der Waals surface area contributed by atoms with Gasteiger partial charge in [-0.1, -0.05) is 60.7 Å². The Labute approximate surface area is 108 Å². The van der Waals surface area contributed by atoms with Crippen LogP contribution in [-0.2, 0) is 6.42 Å². The van der Waals surface area contributed by atoms with Crippen molar-refractivity contribution in [1.29, 1.82) is 0 Å². The summed E-state index contributed by atoms with van der Waals surface area (Å²) < 4.78 is 0. The summed E-state index contributed by atoms with van der Waals surface area (Å²) in [5.41, 5.74) is 3.92. The van der Waals surface area contributed by atoms with Crippen molar-refractivity contribution < 1.29 is 0 Å². The Balaban J connectivity index is 1.94. The van der Waals surface area contributed by atoms with Crippen LogP contribution < -0.4 is 0 Å². The van der Waals surface area contributed by atoms with Crippen molar-refractivity contribution >= 4 is 12.3 Å². The van der Waals surface area contributed by atoms with Crippen LogP contribution in [0.5, 0.6) is 0 Å². The van der Waals surface area contributed by atoms with Crippen LogP contribution in [-0.4, -0.2) is 6.21 Å². The third kappa shape index (κ3) is 2.25. The molecule has 1 aliphatic rings. The highest BCUT2D eigenvalue weighted by atomic mass is 14.8. The van der Waals surface area contributed by atoms with Crippen molar-refractivity contribution in [2.75, 3.05) is 0 Å². The summed E-state index contributed by atoms with van der Waals surface area (Å²) in [4.78, 5) is 4.65. The summed E-state index contributed by atoms with van der Waals surface area (Å²) in [6.07, 6.45) is 7.01. The minimum absolute atomic E-state index is 0.221. The van der Waals surface area contributed by atoms with E-state index >= 15 is 0 Å². The lowest BCUT2D eigenvalue weighted by Crippen LogP contribution is -2.01. The Hall–Kier alpha value is -2.15. The van der Waals surface area contributed by atoms with Crippen LogP contribution >= 0.6 is 0 Å². The number of benzene rings is 2. The second kappa shape index (κ2) is 5.01. The van der Waals surface area contributed by atoms with Crippen molar-refractivity contribution in [2.45, 2.75) is 12.5 Å².